The van der Waals surface area contributed by atoms with Crippen LogP contribution < -0.4 is 10.6 Å². The molecule has 0 saturated carbocycles. The molecule has 0 radical (unpaired) electrons. The number of amides is 3. The molecular formula is C11H10N2O3. The number of hydrogen-bond acceptors (Lipinski definition) is 3. The van der Waals surface area contributed by atoms with Crippen LogP contribution in [-0.2, 0) is 20.8 Å². The number of rotatable bonds is 2. The first-order valence-electron chi connectivity index (χ1n) is 4.86. The van der Waals surface area contributed by atoms with E-state index in [2.05, 4.69) is 5.32 Å². The molecule has 0 bridgehead atoms. The summed E-state index contributed by atoms with van der Waals surface area (Å²) in [5, 5.41) is 4.37. The summed E-state index contributed by atoms with van der Waals surface area (Å²) in [6.07, 6.45) is 0.381. The molecule has 5 nitrogen and oxygen atoms in total. The van der Waals surface area contributed by atoms with Gasteiger partial charge >= 0.3 is 11.8 Å². The lowest BCUT2D eigenvalue weighted by molar-refractivity contribution is -0.147. The maximum absolute atomic E-state index is 11.4. The van der Waals surface area contributed by atoms with E-state index in [4.69, 9.17) is 0 Å². The summed E-state index contributed by atoms with van der Waals surface area (Å²) < 4.78 is 0. The van der Waals surface area contributed by atoms with Crippen LogP contribution in [0.25, 0.3) is 0 Å². The average Bonchev–Trinajstić information content (AvgIpc) is 2.27. The van der Waals surface area contributed by atoms with E-state index in [-0.39, 0.29) is 0 Å². The topological polar surface area (TPSA) is 75.3 Å². The summed E-state index contributed by atoms with van der Waals surface area (Å²) in [6.45, 7) is 0. The van der Waals surface area contributed by atoms with Gasteiger partial charge in [0.1, 0.15) is 6.04 Å². The van der Waals surface area contributed by atoms with Gasteiger partial charge in [-0.05, 0) is 5.56 Å². The second-order valence-corrected chi connectivity index (χ2v) is 3.53. The largest absolute Gasteiger partial charge is 0.336 e. The number of hydrogen-bond donors (Lipinski definition) is 2. The van der Waals surface area contributed by atoms with Crippen molar-refractivity contribution in [2.75, 3.05) is 0 Å². The molecular weight excluding hydrogens is 208 g/mol. The van der Waals surface area contributed by atoms with Crippen LogP contribution in [0.3, 0.4) is 0 Å². The standard InChI is InChI=1S/C11H10N2O3/c14-9-8(12-10(15)11(16)13-9)6-7-4-2-1-3-5-7/h1-5,8H,6H2,(H,12,15)(H,13,14,16). The summed E-state index contributed by atoms with van der Waals surface area (Å²) in [4.78, 5) is 33.3. The van der Waals surface area contributed by atoms with Gasteiger partial charge in [0, 0.05) is 6.42 Å². The zero-order chi connectivity index (χ0) is 11.5. The fraction of sp³-hybridized carbons (Fsp3) is 0.182. The Bertz CT molecular complexity index is 442. The van der Waals surface area contributed by atoms with Gasteiger partial charge in [-0.25, -0.2) is 0 Å². The lowest BCUT2D eigenvalue weighted by Gasteiger charge is -2.21. The number of nitrogens with one attached hydrogen (secondary N) is 2. The first-order valence-corrected chi connectivity index (χ1v) is 4.86. The van der Waals surface area contributed by atoms with Crippen LogP contribution in [0.4, 0.5) is 0 Å². The van der Waals surface area contributed by atoms with E-state index in [0.717, 1.165) is 5.56 Å². The van der Waals surface area contributed by atoms with E-state index in [1.54, 1.807) is 0 Å². The van der Waals surface area contributed by atoms with Gasteiger partial charge in [0.2, 0.25) is 5.91 Å². The molecule has 82 valence electrons. The van der Waals surface area contributed by atoms with Gasteiger partial charge in [0.25, 0.3) is 0 Å². The molecule has 1 aromatic carbocycles. The quantitative estimate of drug-likeness (QED) is 0.512. The SMILES string of the molecule is O=C1NC(=O)C(Cc2ccccc2)NC1=O. The lowest BCUT2D eigenvalue weighted by atomic mass is 10.0. The summed E-state index contributed by atoms with van der Waals surface area (Å²) in [5.74, 6) is -2.12. The number of carbonyl (C=O) groups excluding carboxylic acids is 3. The molecule has 5 heteroatoms. The Kier molecular flexibility index (Phi) is 2.68. The van der Waals surface area contributed by atoms with Crippen molar-refractivity contribution >= 4 is 17.7 Å². The number of piperazine rings is 1. The molecule has 1 heterocycles. The van der Waals surface area contributed by atoms with Crippen LogP contribution in [0.5, 0.6) is 0 Å². The van der Waals surface area contributed by atoms with Crippen LogP contribution in [0, 0.1) is 0 Å². The third-order valence-corrected chi connectivity index (χ3v) is 2.35. The van der Waals surface area contributed by atoms with Crippen LogP contribution in [0.15, 0.2) is 30.3 Å². The lowest BCUT2D eigenvalue weighted by Crippen LogP contribution is -2.60. The van der Waals surface area contributed by atoms with E-state index < -0.39 is 23.8 Å². The summed E-state index contributed by atoms with van der Waals surface area (Å²) in [6, 6.07) is 8.61. The zero-order valence-corrected chi connectivity index (χ0v) is 8.40. The Morgan fingerprint density at radius 1 is 1.00 bits per heavy atom. The molecule has 1 fully saturated rings. The smallest absolute Gasteiger partial charge is 0.315 e. The van der Waals surface area contributed by atoms with E-state index in [0.29, 0.717) is 6.42 Å². The Hall–Kier alpha value is -2.17. The van der Waals surface area contributed by atoms with Crippen molar-refractivity contribution in [1.29, 1.82) is 0 Å². The zero-order valence-electron chi connectivity index (χ0n) is 8.40. The second-order valence-electron chi connectivity index (χ2n) is 3.53. The summed E-state index contributed by atoms with van der Waals surface area (Å²) in [5.41, 5.74) is 0.928. The van der Waals surface area contributed by atoms with E-state index in [1.807, 2.05) is 35.6 Å². The highest BCUT2D eigenvalue weighted by Gasteiger charge is 2.31. The maximum Gasteiger partial charge on any atom is 0.315 e. The van der Waals surface area contributed by atoms with Gasteiger partial charge in [0.05, 0.1) is 0 Å². The van der Waals surface area contributed by atoms with Crippen molar-refractivity contribution in [2.45, 2.75) is 12.5 Å². The molecule has 2 rings (SSSR count). The Morgan fingerprint density at radius 2 is 1.69 bits per heavy atom. The molecule has 16 heavy (non-hydrogen) atoms. The van der Waals surface area contributed by atoms with E-state index in [1.165, 1.54) is 0 Å². The van der Waals surface area contributed by atoms with Gasteiger partial charge in [-0.1, -0.05) is 30.3 Å². The van der Waals surface area contributed by atoms with Crippen LogP contribution >= 0.6 is 0 Å². The van der Waals surface area contributed by atoms with Gasteiger partial charge in [-0.3, -0.25) is 19.7 Å². The van der Waals surface area contributed by atoms with Crippen LogP contribution in [0.2, 0.25) is 0 Å². The summed E-state index contributed by atoms with van der Waals surface area (Å²) in [7, 11) is 0. The Labute approximate surface area is 91.8 Å². The van der Waals surface area contributed by atoms with E-state index >= 15 is 0 Å². The molecule has 2 N–H and O–H groups in total. The average molecular weight is 218 g/mol. The molecule has 0 spiro atoms. The minimum absolute atomic E-state index is 0.381. The first kappa shape index (κ1) is 10.4. The highest BCUT2D eigenvalue weighted by atomic mass is 16.2. The van der Waals surface area contributed by atoms with Gasteiger partial charge < -0.3 is 5.32 Å². The molecule has 1 unspecified atom stereocenters. The molecule has 1 aromatic rings. The van der Waals surface area contributed by atoms with Crippen molar-refractivity contribution < 1.29 is 14.4 Å². The molecule has 1 atom stereocenters. The fourth-order valence-corrected chi connectivity index (χ4v) is 1.54. The van der Waals surface area contributed by atoms with Crippen molar-refractivity contribution in [2.24, 2.45) is 0 Å². The number of carbonyl (C=O) groups is 3. The molecule has 1 aliphatic heterocycles. The molecule has 0 aliphatic carbocycles. The van der Waals surface area contributed by atoms with Gasteiger partial charge in [-0.15, -0.1) is 0 Å². The fourth-order valence-electron chi connectivity index (χ4n) is 1.54. The molecule has 0 aromatic heterocycles. The molecule has 1 saturated heterocycles. The highest BCUT2D eigenvalue weighted by molar-refractivity contribution is 6.40. The van der Waals surface area contributed by atoms with Crippen molar-refractivity contribution in [3.8, 4) is 0 Å². The van der Waals surface area contributed by atoms with Crippen molar-refractivity contribution in [1.82, 2.24) is 10.6 Å². The van der Waals surface area contributed by atoms with E-state index in [9.17, 15) is 14.4 Å². The van der Waals surface area contributed by atoms with Crippen LogP contribution in [0.1, 0.15) is 5.56 Å². The minimum atomic E-state index is -0.894. The highest BCUT2D eigenvalue weighted by Crippen LogP contribution is 2.05. The molecule has 1 aliphatic rings. The molecule has 3 amide bonds. The predicted octanol–water partition coefficient (Wildman–Crippen LogP) is -0.630. The second kappa shape index (κ2) is 4.14. The third kappa shape index (κ3) is 2.08. The normalized spacial score (nSPS) is 20.2. The maximum atomic E-state index is 11.4. The van der Waals surface area contributed by atoms with Crippen molar-refractivity contribution in [3.05, 3.63) is 35.9 Å². The first-order chi connectivity index (χ1) is 7.66. The van der Waals surface area contributed by atoms with Gasteiger partial charge in [-0.2, -0.15) is 0 Å². The van der Waals surface area contributed by atoms with Crippen LogP contribution in [-0.4, -0.2) is 23.8 Å². The predicted molar refractivity (Wildman–Crippen MR) is 55.2 cm³/mol. The Morgan fingerprint density at radius 3 is 2.38 bits per heavy atom. The monoisotopic (exact) mass is 218 g/mol. The Balaban J connectivity index is 2.08. The number of benzene rings is 1. The van der Waals surface area contributed by atoms with Gasteiger partial charge in [0.15, 0.2) is 0 Å². The van der Waals surface area contributed by atoms with Crippen molar-refractivity contribution in [3.63, 3.8) is 0 Å². The number of imide groups is 1. The minimum Gasteiger partial charge on any atom is -0.336 e. The summed E-state index contributed by atoms with van der Waals surface area (Å²) >= 11 is 0. The third-order valence-electron chi connectivity index (χ3n) is 2.35.